The average molecular weight is 312 g/mol. The van der Waals surface area contributed by atoms with Crippen LogP contribution in [0.3, 0.4) is 0 Å². The molecule has 1 N–H and O–H groups in total. The van der Waals surface area contributed by atoms with Crippen molar-refractivity contribution in [2.75, 3.05) is 12.8 Å². The van der Waals surface area contributed by atoms with Crippen LogP contribution in [0.5, 0.6) is 0 Å². The van der Waals surface area contributed by atoms with E-state index in [-0.39, 0.29) is 18.2 Å². The van der Waals surface area contributed by atoms with Crippen LogP contribution >= 0.6 is 24.2 Å². The van der Waals surface area contributed by atoms with Crippen molar-refractivity contribution in [2.45, 2.75) is 17.9 Å². The first-order valence-corrected chi connectivity index (χ1v) is 7.58. The Kier molecular flexibility index (Phi) is 7.67. The second-order valence-corrected chi connectivity index (χ2v) is 5.28. The third-order valence-corrected chi connectivity index (χ3v) is 3.74. The van der Waals surface area contributed by atoms with Crippen molar-refractivity contribution in [1.29, 1.82) is 0 Å². The van der Waals surface area contributed by atoms with Gasteiger partial charge in [-0.2, -0.15) is 0 Å². The lowest BCUT2D eigenvalue weighted by Crippen LogP contribution is -2.16. The Morgan fingerprint density at radius 2 is 1.55 bits per heavy atom. The lowest BCUT2D eigenvalue weighted by Gasteiger charge is -2.06. The summed E-state index contributed by atoms with van der Waals surface area (Å²) in [6.45, 7) is 1.77. The van der Waals surface area contributed by atoms with E-state index in [9.17, 15) is 4.39 Å². The second kappa shape index (κ2) is 9.01. The predicted octanol–water partition coefficient (Wildman–Crippen LogP) is 4.30. The third-order valence-electron chi connectivity index (χ3n) is 2.99. The van der Waals surface area contributed by atoms with Gasteiger partial charge < -0.3 is 5.32 Å². The maximum Gasteiger partial charge on any atom is 0.123 e. The number of hydrogen-bond acceptors (Lipinski definition) is 2. The molecule has 0 atom stereocenters. The summed E-state index contributed by atoms with van der Waals surface area (Å²) in [6.07, 6.45) is 3.00. The van der Waals surface area contributed by atoms with E-state index in [4.69, 9.17) is 0 Å². The van der Waals surface area contributed by atoms with Gasteiger partial charge in [-0.1, -0.05) is 24.3 Å². The highest BCUT2D eigenvalue weighted by Gasteiger charge is 1.96. The van der Waals surface area contributed by atoms with Crippen molar-refractivity contribution in [3.8, 4) is 0 Å². The summed E-state index contributed by atoms with van der Waals surface area (Å²) in [5.41, 5.74) is 2.45. The molecule has 108 valence electrons. The Balaban J connectivity index is 0.00000200. The van der Waals surface area contributed by atoms with Gasteiger partial charge in [-0.15, -0.1) is 24.2 Å². The molecule has 0 radical (unpaired) electrons. The smallest absolute Gasteiger partial charge is 0.123 e. The van der Waals surface area contributed by atoms with Crippen molar-refractivity contribution in [2.24, 2.45) is 0 Å². The van der Waals surface area contributed by atoms with Crippen LogP contribution < -0.4 is 5.32 Å². The first-order valence-electron chi connectivity index (χ1n) is 6.36. The largest absolute Gasteiger partial charge is 0.312 e. The molecule has 2 aromatic rings. The van der Waals surface area contributed by atoms with Crippen LogP contribution in [0.4, 0.5) is 4.39 Å². The highest BCUT2D eigenvalue weighted by atomic mass is 35.5. The van der Waals surface area contributed by atoms with Gasteiger partial charge in [0.2, 0.25) is 0 Å². The molecule has 1 nitrogen and oxygen atoms in total. The van der Waals surface area contributed by atoms with Gasteiger partial charge in [0.25, 0.3) is 0 Å². The molecule has 0 heterocycles. The van der Waals surface area contributed by atoms with E-state index in [0.29, 0.717) is 0 Å². The van der Waals surface area contributed by atoms with Crippen LogP contribution in [0.2, 0.25) is 0 Å². The first-order chi connectivity index (χ1) is 9.28. The number of benzene rings is 2. The SMILES string of the molecule is CSc1ccc(CNCCc2ccc(F)cc2)cc1.Cl. The second-order valence-electron chi connectivity index (χ2n) is 4.40. The molecule has 0 fully saturated rings. The molecule has 2 aromatic carbocycles. The molecule has 4 heteroatoms. The normalized spacial score (nSPS) is 10.1. The van der Waals surface area contributed by atoms with Crippen molar-refractivity contribution < 1.29 is 4.39 Å². The van der Waals surface area contributed by atoms with Crippen LogP contribution in [0, 0.1) is 5.82 Å². The minimum absolute atomic E-state index is 0. The summed E-state index contributed by atoms with van der Waals surface area (Å²) in [7, 11) is 0. The van der Waals surface area contributed by atoms with Crippen LogP contribution in [0.1, 0.15) is 11.1 Å². The van der Waals surface area contributed by atoms with Gasteiger partial charge in [0.1, 0.15) is 5.82 Å². The Hall–Kier alpha value is -1.03. The minimum Gasteiger partial charge on any atom is -0.312 e. The fraction of sp³-hybridized carbons (Fsp3) is 0.250. The number of nitrogens with one attached hydrogen (secondary N) is 1. The van der Waals surface area contributed by atoms with Gasteiger partial charge in [-0.05, 0) is 54.6 Å². The van der Waals surface area contributed by atoms with Crippen molar-refractivity contribution in [3.63, 3.8) is 0 Å². The van der Waals surface area contributed by atoms with Gasteiger partial charge in [0, 0.05) is 11.4 Å². The van der Waals surface area contributed by atoms with Crippen LogP contribution in [-0.4, -0.2) is 12.8 Å². The summed E-state index contributed by atoms with van der Waals surface area (Å²) in [5.74, 6) is -0.175. The van der Waals surface area contributed by atoms with Gasteiger partial charge >= 0.3 is 0 Å². The summed E-state index contributed by atoms with van der Waals surface area (Å²) in [6, 6.07) is 15.3. The average Bonchev–Trinajstić information content (AvgIpc) is 2.46. The van der Waals surface area contributed by atoms with Crippen LogP contribution in [0.15, 0.2) is 53.4 Å². The summed E-state index contributed by atoms with van der Waals surface area (Å²) >= 11 is 1.75. The van der Waals surface area contributed by atoms with Gasteiger partial charge in [0.05, 0.1) is 0 Å². The molecule has 0 aliphatic rings. The summed E-state index contributed by atoms with van der Waals surface area (Å²) in [5, 5.41) is 3.40. The molecule has 20 heavy (non-hydrogen) atoms. The maximum atomic E-state index is 12.7. The quantitative estimate of drug-likeness (QED) is 0.630. The molecule has 2 rings (SSSR count). The first kappa shape index (κ1) is 17.0. The monoisotopic (exact) mass is 311 g/mol. The minimum atomic E-state index is -0.175. The van der Waals surface area contributed by atoms with E-state index < -0.39 is 0 Å². The zero-order valence-electron chi connectivity index (χ0n) is 11.4. The number of rotatable bonds is 6. The number of hydrogen-bond donors (Lipinski definition) is 1. The lowest BCUT2D eigenvalue weighted by molar-refractivity contribution is 0.626. The van der Waals surface area contributed by atoms with Gasteiger partial charge in [-0.25, -0.2) is 4.39 Å². The Labute approximate surface area is 130 Å². The van der Waals surface area contributed by atoms with E-state index in [1.54, 1.807) is 11.8 Å². The van der Waals surface area contributed by atoms with E-state index in [2.05, 4.69) is 35.8 Å². The van der Waals surface area contributed by atoms with E-state index in [1.807, 2.05) is 12.1 Å². The fourth-order valence-corrected chi connectivity index (χ4v) is 2.27. The van der Waals surface area contributed by atoms with Crippen LogP contribution in [-0.2, 0) is 13.0 Å². The van der Waals surface area contributed by atoms with Gasteiger partial charge in [0.15, 0.2) is 0 Å². The van der Waals surface area contributed by atoms with Crippen molar-refractivity contribution in [1.82, 2.24) is 5.32 Å². The summed E-state index contributed by atoms with van der Waals surface area (Å²) in [4.78, 5) is 1.29. The van der Waals surface area contributed by atoms with E-state index in [0.717, 1.165) is 25.1 Å². The summed E-state index contributed by atoms with van der Waals surface area (Å²) < 4.78 is 12.7. The Bertz CT molecular complexity index is 499. The molecule has 0 saturated heterocycles. The van der Waals surface area contributed by atoms with Crippen molar-refractivity contribution >= 4 is 24.2 Å². The molecular weight excluding hydrogens is 293 g/mol. The molecule has 0 aliphatic heterocycles. The third kappa shape index (κ3) is 5.53. The molecule has 0 aromatic heterocycles. The lowest BCUT2D eigenvalue weighted by atomic mass is 10.1. The zero-order chi connectivity index (χ0) is 13.5. The maximum absolute atomic E-state index is 12.7. The van der Waals surface area contributed by atoms with Crippen molar-refractivity contribution in [3.05, 3.63) is 65.5 Å². The number of halogens is 2. The predicted molar refractivity (Wildman–Crippen MR) is 87.3 cm³/mol. The van der Waals surface area contributed by atoms with Gasteiger partial charge in [-0.3, -0.25) is 0 Å². The zero-order valence-corrected chi connectivity index (χ0v) is 13.1. The molecule has 0 amide bonds. The molecular formula is C16H19ClFNS. The number of thioether (sulfide) groups is 1. The highest BCUT2D eigenvalue weighted by molar-refractivity contribution is 7.98. The van der Waals surface area contributed by atoms with E-state index >= 15 is 0 Å². The Morgan fingerprint density at radius 3 is 2.15 bits per heavy atom. The molecule has 0 unspecified atom stereocenters. The molecule has 0 bridgehead atoms. The highest BCUT2D eigenvalue weighted by Crippen LogP contribution is 2.14. The Morgan fingerprint density at radius 1 is 0.950 bits per heavy atom. The van der Waals surface area contributed by atoms with Crippen LogP contribution in [0.25, 0.3) is 0 Å². The molecule has 0 aliphatic carbocycles. The van der Waals surface area contributed by atoms with E-state index in [1.165, 1.54) is 22.6 Å². The topological polar surface area (TPSA) is 12.0 Å². The fourth-order valence-electron chi connectivity index (χ4n) is 1.86. The standard InChI is InChI=1S/C16H18FNS.ClH/c1-19-16-8-4-14(5-9-16)12-18-11-10-13-2-6-15(17)7-3-13;/h2-9,18H,10-12H2,1H3;1H. The molecule has 0 spiro atoms. The molecule has 0 saturated carbocycles.